The van der Waals surface area contributed by atoms with Crippen LogP contribution in [0.25, 0.3) is 21.5 Å². The van der Waals surface area contributed by atoms with Crippen LogP contribution in [0.5, 0.6) is 0 Å². The Balaban J connectivity index is 2.28. The summed E-state index contributed by atoms with van der Waals surface area (Å²) in [6.07, 6.45) is -6.79. The van der Waals surface area contributed by atoms with Gasteiger partial charge in [0.1, 0.15) is 24.4 Å². The van der Waals surface area contributed by atoms with Gasteiger partial charge in [-0.25, -0.2) is 0 Å². The molecule has 22 heavy (non-hydrogen) atoms. The molecule has 4 N–H and O–H groups in total. The first-order chi connectivity index (χ1) is 13.1. The van der Waals surface area contributed by atoms with E-state index in [1.165, 1.54) is 12.1 Å². The number of benzene rings is 3. The SMILES string of the molecule is [2H]c1c([2H])c([2H])c2c(ccc3c4c(c([2H])c([2H])c32)[C@@H](O)[C@H](O)[C@@H](O)[C@H]4O)c1[2H]. The number of hydrogen-bond donors (Lipinski definition) is 4. The maximum absolute atomic E-state index is 10.5. The number of aliphatic hydroxyl groups excluding tert-OH is 4. The van der Waals surface area contributed by atoms with E-state index >= 15 is 0 Å². The third kappa shape index (κ3) is 1.72. The summed E-state index contributed by atoms with van der Waals surface area (Å²) >= 11 is 0. The lowest BCUT2D eigenvalue weighted by Crippen LogP contribution is -2.41. The zero-order valence-corrected chi connectivity index (χ0v) is 11.3. The first-order valence-corrected chi connectivity index (χ1v) is 6.77. The predicted octanol–water partition coefficient (Wildman–Crippen LogP) is 1.80. The zero-order valence-electron chi connectivity index (χ0n) is 17.3. The molecule has 3 aromatic carbocycles. The maximum atomic E-state index is 10.5. The van der Waals surface area contributed by atoms with E-state index < -0.39 is 48.6 Å². The molecule has 3 aromatic rings. The molecule has 4 nitrogen and oxygen atoms in total. The second kappa shape index (κ2) is 4.76. The van der Waals surface area contributed by atoms with Gasteiger partial charge in [-0.1, -0.05) is 48.4 Å². The molecule has 0 amide bonds. The summed E-state index contributed by atoms with van der Waals surface area (Å²) in [6, 6.07) is 0.341. The largest absolute Gasteiger partial charge is 0.387 e. The molecule has 4 rings (SSSR count). The molecule has 1 aliphatic rings. The van der Waals surface area contributed by atoms with Crippen molar-refractivity contribution in [3.05, 3.63) is 59.5 Å². The molecule has 0 heterocycles. The second-order valence-corrected chi connectivity index (χ2v) is 5.36. The molecular weight excluding hydrogens is 280 g/mol. The van der Waals surface area contributed by atoms with E-state index in [0.717, 1.165) is 0 Å². The molecule has 0 bridgehead atoms. The molecule has 1 aliphatic carbocycles. The lowest BCUT2D eigenvalue weighted by Gasteiger charge is -2.35. The molecule has 0 aromatic heterocycles. The minimum atomic E-state index is -1.73. The van der Waals surface area contributed by atoms with Crippen molar-refractivity contribution in [3.63, 3.8) is 0 Å². The monoisotopic (exact) mass is 302 g/mol. The molecule has 0 spiro atoms. The standard InChI is InChI=1S/C18H16O4/c19-15-13-8-7-11-10-4-2-1-3-9(10)5-6-12(11)14(13)16(20)18(22)17(15)21/h1-8,15-22H/t15-,16+,17+,18+/m1/s1/i1D,2D,3D,4D,7D,8D. The van der Waals surface area contributed by atoms with E-state index in [9.17, 15) is 20.4 Å². The highest BCUT2D eigenvalue weighted by molar-refractivity contribution is 6.08. The Morgan fingerprint density at radius 1 is 0.727 bits per heavy atom. The van der Waals surface area contributed by atoms with Crippen molar-refractivity contribution in [2.45, 2.75) is 24.4 Å². The van der Waals surface area contributed by atoms with E-state index in [2.05, 4.69) is 0 Å². The highest BCUT2D eigenvalue weighted by atomic mass is 16.4. The van der Waals surface area contributed by atoms with Crippen molar-refractivity contribution in [1.29, 1.82) is 0 Å². The van der Waals surface area contributed by atoms with Crippen molar-refractivity contribution in [3.8, 4) is 0 Å². The van der Waals surface area contributed by atoms with Gasteiger partial charge < -0.3 is 20.4 Å². The molecule has 4 heteroatoms. The van der Waals surface area contributed by atoms with Crippen molar-refractivity contribution in [2.24, 2.45) is 0 Å². The summed E-state index contributed by atoms with van der Waals surface area (Å²) in [5.41, 5.74) is -0.210. The van der Waals surface area contributed by atoms with Crippen LogP contribution in [0.1, 0.15) is 31.6 Å². The smallest absolute Gasteiger partial charge is 0.113 e. The molecule has 0 saturated heterocycles. The Morgan fingerprint density at radius 2 is 1.45 bits per heavy atom. The van der Waals surface area contributed by atoms with Gasteiger partial charge in [0.15, 0.2) is 0 Å². The minimum absolute atomic E-state index is 0.0167. The van der Waals surface area contributed by atoms with Gasteiger partial charge in [0.05, 0.1) is 8.22 Å². The van der Waals surface area contributed by atoms with Crippen LogP contribution in [-0.4, -0.2) is 32.6 Å². The molecule has 0 aliphatic heterocycles. The lowest BCUT2D eigenvalue weighted by molar-refractivity contribution is -0.119. The summed E-state index contributed by atoms with van der Waals surface area (Å²) in [7, 11) is 0. The summed E-state index contributed by atoms with van der Waals surface area (Å²) < 4.78 is 48.7. The Morgan fingerprint density at radius 3 is 2.27 bits per heavy atom. The summed E-state index contributed by atoms with van der Waals surface area (Å²) in [5.74, 6) is 0. The fraction of sp³-hybridized carbons (Fsp3) is 0.222. The van der Waals surface area contributed by atoms with Gasteiger partial charge in [-0.3, -0.25) is 0 Å². The Kier molecular flexibility index (Phi) is 1.86. The maximum Gasteiger partial charge on any atom is 0.113 e. The third-order valence-electron chi connectivity index (χ3n) is 4.14. The Bertz CT molecular complexity index is 1160. The Hall–Kier alpha value is -1.98. The van der Waals surface area contributed by atoms with E-state index in [0.29, 0.717) is 0 Å². The average molecular weight is 302 g/mol. The van der Waals surface area contributed by atoms with E-state index in [-0.39, 0.29) is 44.8 Å². The molecule has 0 radical (unpaired) electrons. The molecule has 112 valence electrons. The number of aliphatic hydroxyl groups is 4. The van der Waals surface area contributed by atoms with Gasteiger partial charge in [-0.05, 0) is 32.7 Å². The van der Waals surface area contributed by atoms with Crippen LogP contribution < -0.4 is 0 Å². The normalized spacial score (nSPS) is 31.8. The van der Waals surface area contributed by atoms with Crippen LogP contribution in [0.15, 0.2) is 48.4 Å². The van der Waals surface area contributed by atoms with Gasteiger partial charge in [0, 0.05) is 0 Å². The number of hydrogen-bond acceptors (Lipinski definition) is 4. The van der Waals surface area contributed by atoms with E-state index in [1.54, 1.807) is 0 Å². The first kappa shape index (κ1) is 8.60. The van der Waals surface area contributed by atoms with Crippen LogP contribution in [0.4, 0.5) is 0 Å². The fourth-order valence-corrected chi connectivity index (χ4v) is 2.99. The van der Waals surface area contributed by atoms with Gasteiger partial charge in [0.2, 0.25) is 0 Å². The number of fused-ring (bicyclic) bond motifs is 5. The van der Waals surface area contributed by atoms with Gasteiger partial charge >= 0.3 is 0 Å². The highest BCUT2D eigenvalue weighted by Gasteiger charge is 2.40. The molecule has 0 unspecified atom stereocenters. The molecule has 0 saturated carbocycles. The Labute approximate surface area is 135 Å². The van der Waals surface area contributed by atoms with Crippen molar-refractivity contribution >= 4 is 21.5 Å². The van der Waals surface area contributed by atoms with Gasteiger partial charge in [0.25, 0.3) is 0 Å². The van der Waals surface area contributed by atoms with Crippen molar-refractivity contribution < 1.29 is 28.7 Å². The van der Waals surface area contributed by atoms with Crippen LogP contribution in [0.3, 0.4) is 0 Å². The fourth-order valence-electron chi connectivity index (χ4n) is 2.99. The van der Waals surface area contributed by atoms with Crippen LogP contribution in [-0.2, 0) is 0 Å². The van der Waals surface area contributed by atoms with Crippen molar-refractivity contribution in [2.75, 3.05) is 0 Å². The van der Waals surface area contributed by atoms with Crippen LogP contribution in [0.2, 0.25) is 0 Å². The molecular formula is C18H16O4. The highest BCUT2D eigenvalue weighted by Crippen LogP contribution is 2.42. The van der Waals surface area contributed by atoms with E-state index in [1.807, 2.05) is 0 Å². The summed E-state index contributed by atoms with van der Waals surface area (Å²) in [5, 5.41) is 41.2. The second-order valence-electron chi connectivity index (χ2n) is 5.36. The third-order valence-corrected chi connectivity index (χ3v) is 4.14. The number of rotatable bonds is 0. The predicted molar refractivity (Wildman–Crippen MR) is 83.4 cm³/mol. The zero-order chi connectivity index (χ0) is 20.7. The van der Waals surface area contributed by atoms with Crippen LogP contribution >= 0.6 is 0 Å². The first-order valence-electron chi connectivity index (χ1n) is 9.77. The van der Waals surface area contributed by atoms with Crippen LogP contribution in [0, 0.1) is 0 Å². The van der Waals surface area contributed by atoms with Gasteiger partial charge in [-0.2, -0.15) is 0 Å². The summed E-state index contributed by atoms with van der Waals surface area (Å²) in [6.45, 7) is 0. The van der Waals surface area contributed by atoms with E-state index in [4.69, 9.17) is 8.22 Å². The van der Waals surface area contributed by atoms with Gasteiger partial charge in [-0.15, -0.1) is 0 Å². The quantitative estimate of drug-likeness (QED) is 0.477. The summed E-state index contributed by atoms with van der Waals surface area (Å²) in [4.78, 5) is 0. The lowest BCUT2D eigenvalue weighted by atomic mass is 9.80. The molecule has 4 atom stereocenters. The van der Waals surface area contributed by atoms with Crippen molar-refractivity contribution in [1.82, 2.24) is 0 Å². The minimum Gasteiger partial charge on any atom is -0.387 e. The topological polar surface area (TPSA) is 80.9 Å². The average Bonchev–Trinajstić information content (AvgIpc) is 2.68. The molecule has 0 fully saturated rings.